The van der Waals surface area contributed by atoms with Crippen molar-refractivity contribution >= 4 is 0 Å². The van der Waals surface area contributed by atoms with Crippen LogP contribution >= 0.6 is 0 Å². The molecule has 1 fully saturated rings. The van der Waals surface area contributed by atoms with Gasteiger partial charge in [0.05, 0.1) is 6.20 Å². The number of nitrogens with one attached hydrogen (secondary N) is 1. The van der Waals surface area contributed by atoms with Crippen LogP contribution in [0.5, 0.6) is 0 Å². The van der Waals surface area contributed by atoms with E-state index >= 15 is 0 Å². The van der Waals surface area contributed by atoms with E-state index in [4.69, 9.17) is 0 Å². The van der Waals surface area contributed by atoms with Gasteiger partial charge in [-0.15, -0.1) is 0 Å². The fraction of sp³-hybridized carbons (Fsp3) is 0.700. The summed E-state index contributed by atoms with van der Waals surface area (Å²) in [5, 5.41) is 7.66. The molecule has 0 spiro atoms. The highest BCUT2D eigenvalue weighted by molar-refractivity contribution is 5.03. The minimum Gasteiger partial charge on any atom is -0.310 e. The first-order chi connectivity index (χ1) is 6.24. The first-order valence-corrected chi connectivity index (χ1v) is 4.95. The summed E-state index contributed by atoms with van der Waals surface area (Å²) in [6, 6.07) is 0.746. The second-order valence-corrected chi connectivity index (χ2v) is 4.18. The van der Waals surface area contributed by atoms with E-state index < -0.39 is 0 Å². The van der Waals surface area contributed by atoms with Gasteiger partial charge in [-0.1, -0.05) is 6.92 Å². The van der Waals surface area contributed by atoms with Crippen molar-refractivity contribution < 1.29 is 0 Å². The van der Waals surface area contributed by atoms with Crippen LogP contribution in [0.15, 0.2) is 12.4 Å². The fourth-order valence-electron chi connectivity index (χ4n) is 1.89. The number of hydrogen-bond donors (Lipinski definition) is 1. The molecule has 0 radical (unpaired) electrons. The van der Waals surface area contributed by atoms with Crippen LogP contribution in [0.3, 0.4) is 0 Å². The lowest BCUT2D eigenvalue weighted by atomic mass is 9.82. The fourth-order valence-corrected chi connectivity index (χ4v) is 1.89. The third kappa shape index (κ3) is 2.10. The molecule has 0 atom stereocenters. The van der Waals surface area contributed by atoms with Crippen molar-refractivity contribution in [3.8, 4) is 0 Å². The van der Waals surface area contributed by atoms with Crippen molar-refractivity contribution in [1.29, 1.82) is 0 Å². The molecule has 3 nitrogen and oxygen atoms in total. The molecule has 0 amide bonds. The summed E-state index contributed by atoms with van der Waals surface area (Å²) in [7, 11) is 1.95. The summed E-state index contributed by atoms with van der Waals surface area (Å²) >= 11 is 0. The monoisotopic (exact) mass is 179 g/mol. The summed E-state index contributed by atoms with van der Waals surface area (Å²) in [6.45, 7) is 3.27. The van der Waals surface area contributed by atoms with Gasteiger partial charge < -0.3 is 5.32 Å². The maximum absolute atomic E-state index is 4.13. The summed E-state index contributed by atoms with van der Waals surface area (Å²) in [5.74, 6) is 0.923. The molecule has 13 heavy (non-hydrogen) atoms. The Balaban J connectivity index is 1.74. The third-order valence-electron chi connectivity index (χ3n) is 2.73. The van der Waals surface area contributed by atoms with E-state index in [-0.39, 0.29) is 0 Å². The van der Waals surface area contributed by atoms with Crippen LogP contribution in [0.4, 0.5) is 0 Å². The van der Waals surface area contributed by atoms with Crippen molar-refractivity contribution in [2.75, 3.05) is 0 Å². The van der Waals surface area contributed by atoms with Crippen LogP contribution in [0.2, 0.25) is 0 Å². The van der Waals surface area contributed by atoms with Crippen LogP contribution in [0.1, 0.15) is 25.3 Å². The van der Waals surface area contributed by atoms with Gasteiger partial charge in [0.25, 0.3) is 0 Å². The number of nitrogens with zero attached hydrogens (tertiary/aromatic N) is 2. The quantitative estimate of drug-likeness (QED) is 0.758. The molecular weight excluding hydrogens is 162 g/mol. The zero-order valence-electron chi connectivity index (χ0n) is 8.33. The van der Waals surface area contributed by atoms with Crippen LogP contribution in [0.25, 0.3) is 0 Å². The largest absolute Gasteiger partial charge is 0.310 e. The van der Waals surface area contributed by atoms with E-state index in [0.717, 1.165) is 18.5 Å². The van der Waals surface area contributed by atoms with Crippen LogP contribution in [-0.2, 0) is 13.6 Å². The molecule has 1 aromatic heterocycles. The van der Waals surface area contributed by atoms with Gasteiger partial charge in [-0.25, -0.2) is 0 Å². The van der Waals surface area contributed by atoms with Gasteiger partial charge in [0, 0.05) is 31.4 Å². The molecule has 0 aliphatic heterocycles. The maximum atomic E-state index is 4.13. The number of aromatic nitrogens is 2. The van der Waals surface area contributed by atoms with Crippen molar-refractivity contribution in [3.63, 3.8) is 0 Å². The van der Waals surface area contributed by atoms with Gasteiger partial charge in [0.1, 0.15) is 0 Å². The molecule has 1 aliphatic rings. The van der Waals surface area contributed by atoms with E-state index in [9.17, 15) is 0 Å². The summed E-state index contributed by atoms with van der Waals surface area (Å²) < 4.78 is 1.85. The second kappa shape index (κ2) is 3.50. The normalized spacial score (nSPS) is 27.2. The lowest BCUT2D eigenvalue weighted by molar-refractivity contribution is 0.240. The Hall–Kier alpha value is -0.830. The Morgan fingerprint density at radius 1 is 1.62 bits per heavy atom. The molecule has 1 heterocycles. The van der Waals surface area contributed by atoms with Gasteiger partial charge in [-0.3, -0.25) is 4.68 Å². The van der Waals surface area contributed by atoms with E-state index in [1.54, 1.807) is 0 Å². The molecule has 72 valence electrons. The van der Waals surface area contributed by atoms with Crippen molar-refractivity contribution in [2.45, 2.75) is 32.4 Å². The number of hydrogen-bond acceptors (Lipinski definition) is 2. The molecule has 0 unspecified atom stereocenters. The Morgan fingerprint density at radius 3 is 2.92 bits per heavy atom. The molecule has 1 aromatic rings. The smallest absolute Gasteiger partial charge is 0.0534 e. The van der Waals surface area contributed by atoms with E-state index in [1.165, 1.54) is 18.4 Å². The van der Waals surface area contributed by atoms with Crippen LogP contribution < -0.4 is 5.32 Å². The Morgan fingerprint density at radius 2 is 2.38 bits per heavy atom. The van der Waals surface area contributed by atoms with Crippen molar-refractivity contribution in [1.82, 2.24) is 15.1 Å². The highest BCUT2D eigenvalue weighted by Crippen LogP contribution is 2.26. The molecule has 1 N–H and O–H groups in total. The number of rotatable bonds is 3. The van der Waals surface area contributed by atoms with Gasteiger partial charge >= 0.3 is 0 Å². The van der Waals surface area contributed by atoms with Crippen molar-refractivity contribution in [3.05, 3.63) is 18.0 Å². The van der Waals surface area contributed by atoms with E-state index in [2.05, 4.69) is 23.5 Å². The first-order valence-electron chi connectivity index (χ1n) is 4.95. The highest BCUT2D eigenvalue weighted by Gasteiger charge is 2.24. The minimum absolute atomic E-state index is 0.746. The Bertz CT molecular complexity index is 273. The molecule has 0 saturated heterocycles. The average molecular weight is 179 g/mol. The molecule has 2 rings (SSSR count). The predicted octanol–water partition coefficient (Wildman–Crippen LogP) is 1.31. The standard InChI is InChI=1S/C10H17N3/c1-8-3-10(4-8)11-5-9-6-12-13(2)7-9/h6-8,10-11H,3-5H2,1-2H3. The molecule has 0 aromatic carbocycles. The van der Waals surface area contributed by atoms with Crippen LogP contribution in [-0.4, -0.2) is 15.8 Å². The van der Waals surface area contributed by atoms with Crippen LogP contribution in [0, 0.1) is 5.92 Å². The average Bonchev–Trinajstić information content (AvgIpc) is 2.43. The molecule has 1 saturated carbocycles. The molecular formula is C10H17N3. The molecule has 3 heteroatoms. The maximum Gasteiger partial charge on any atom is 0.0534 e. The SMILES string of the molecule is CC1CC(NCc2cnn(C)c2)C1. The first kappa shape index (κ1) is 8.75. The Labute approximate surface area is 79.1 Å². The lowest BCUT2D eigenvalue weighted by Gasteiger charge is -2.33. The van der Waals surface area contributed by atoms with E-state index in [1.807, 2.05) is 17.9 Å². The third-order valence-corrected chi connectivity index (χ3v) is 2.73. The number of aryl methyl sites for hydroxylation is 1. The summed E-state index contributed by atoms with van der Waals surface area (Å²) in [6.07, 6.45) is 6.66. The zero-order valence-corrected chi connectivity index (χ0v) is 8.33. The summed E-state index contributed by atoms with van der Waals surface area (Å²) in [4.78, 5) is 0. The highest BCUT2D eigenvalue weighted by atomic mass is 15.2. The van der Waals surface area contributed by atoms with E-state index in [0.29, 0.717) is 0 Å². The Kier molecular flexibility index (Phi) is 2.36. The molecule has 0 bridgehead atoms. The van der Waals surface area contributed by atoms with Crippen molar-refractivity contribution in [2.24, 2.45) is 13.0 Å². The second-order valence-electron chi connectivity index (χ2n) is 4.18. The predicted molar refractivity (Wildman–Crippen MR) is 52.2 cm³/mol. The summed E-state index contributed by atoms with van der Waals surface area (Å²) in [5.41, 5.74) is 1.28. The van der Waals surface area contributed by atoms with Gasteiger partial charge in [0.15, 0.2) is 0 Å². The van der Waals surface area contributed by atoms with Gasteiger partial charge in [-0.05, 0) is 18.8 Å². The van der Waals surface area contributed by atoms with Gasteiger partial charge in [0.2, 0.25) is 0 Å². The van der Waals surface area contributed by atoms with Gasteiger partial charge in [-0.2, -0.15) is 5.10 Å². The minimum atomic E-state index is 0.746. The zero-order chi connectivity index (χ0) is 9.26. The topological polar surface area (TPSA) is 29.9 Å². The lowest BCUT2D eigenvalue weighted by Crippen LogP contribution is -2.39. The molecule has 1 aliphatic carbocycles.